The minimum Gasteiger partial charge on any atom is -0.352 e. The molecule has 0 aliphatic heterocycles. The highest BCUT2D eigenvalue weighted by Gasteiger charge is 2.30. The van der Waals surface area contributed by atoms with Gasteiger partial charge in [0.15, 0.2) is 0 Å². The molecule has 2 aromatic carbocycles. The van der Waals surface area contributed by atoms with E-state index in [1.54, 1.807) is 30.0 Å². The Balaban J connectivity index is 1.77. The molecular weight excluding hydrogens is 534 g/mol. The van der Waals surface area contributed by atoms with E-state index in [-0.39, 0.29) is 30.8 Å². The van der Waals surface area contributed by atoms with E-state index in [2.05, 4.69) is 5.32 Å². The number of anilines is 1. The molecule has 0 saturated heterocycles. The first kappa shape index (κ1) is 31.0. The van der Waals surface area contributed by atoms with Gasteiger partial charge in [-0.3, -0.25) is 13.9 Å². The molecule has 3 rings (SSSR count). The van der Waals surface area contributed by atoms with Gasteiger partial charge in [0, 0.05) is 30.6 Å². The topological polar surface area (TPSA) is 86.8 Å². The first-order chi connectivity index (χ1) is 18.5. The molecule has 1 atom stereocenters. The van der Waals surface area contributed by atoms with Crippen LogP contribution >= 0.6 is 11.6 Å². The first-order valence-corrected chi connectivity index (χ1v) is 16.1. The maximum Gasteiger partial charge on any atom is 0.243 e. The summed E-state index contributed by atoms with van der Waals surface area (Å²) in [6.45, 7) is 6.16. The smallest absolute Gasteiger partial charge is 0.243 e. The minimum absolute atomic E-state index is 0.114. The average Bonchev–Trinajstić information content (AvgIpc) is 2.89. The lowest BCUT2D eigenvalue weighted by Crippen LogP contribution is -2.51. The highest BCUT2D eigenvalue weighted by atomic mass is 35.5. The number of hydrogen-bond acceptors (Lipinski definition) is 4. The largest absolute Gasteiger partial charge is 0.352 e. The second kappa shape index (κ2) is 14.2. The Morgan fingerprint density at radius 3 is 2.33 bits per heavy atom. The van der Waals surface area contributed by atoms with E-state index in [9.17, 15) is 18.0 Å². The van der Waals surface area contributed by atoms with Crippen molar-refractivity contribution in [3.05, 3.63) is 64.2 Å². The Hall–Kier alpha value is -2.58. The highest BCUT2D eigenvalue weighted by Crippen LogP contribution is 2.28. The fourth-order valence-electron chi connectivity index (χ4n) is 5.20. The number of rotatable bonds is 12. The van der Waals surface area contributed by atoms with Gasteiger partial charge in [-0.1, -0.05) is 73.7 Å². The molecule has 0 radical (unpaired) electrons. The van der Waals surface area contributed by atoms with Gasteiger partial charge in [-0.05, 0) is 62.8 Å². The number of halogens is 1. The van der Waals surface area contributed by atoms with Crippen molar-refractivity contribution in [3.63, 3.8) is 0 Å². The van der Waals surface area contributed by atoms with Crippen LogP contribution in [0.5, 0.6) is 0 Å². The fraction of sp³-hybridized carbons (Fsp3) is 0.533. The van der Waals surface area contributed by atoms with Gasteiger partial charge in [-0.15, -0.1) is 0 Å². The molecule has 214 valence electrons. The SMILES string of the molecule is CC[C@H](C(=O)NC1CCCCC1)N(Cc1ccc(C)cc1)C(=O)CCCN(c1cccc(Cl)c1C)S(C)(=O)=O. The monoisotopic (exact) mass is 575 g/mol. The van der Waals surface area contributed by atoms with E-state index in [4.69, 9.17) is 11.6 Å². The molecule has 9 heteroatoms. The fourth-order valence-corrected chi connectivity index (χ4v) is 6.39. The molecule has 0 unspecified atom stereocenters. The van der Waals surface area contributed by atoms with Gasteiger partial charge in [0.25, 0.3) is 0 Å². The Bertz CT molecular complexity index is 1230. The van der Waals surface area contributed by atoms with Crippen LogP contribution in [0.25, 0.3) is 0 Å². The van der Waals surface area contributed by atoms with Crippen LogP contribution in [0.3, 0.4) is 0 Å². The van der Waals surface area contributed by atoms with Gasteiger partial charge in [-0.2, -0.15) is 0 Å². The molecule has 1 saturated carbocycles. The van der Waals surface area contributed by atoms with Crippen molar-refractivity contribution >= 4 is 39.1 Å². The highest BCUT2D eigenvalue weighted by molar-refractivity contribution is 7.92. The zero-order chi connectivity index (χ0) is 28.6. The number of amides is 2. The van der Waals surface area contributed by atoms with E-state index >= 15 is 0 Å². The van der Waals surface area contributed by atoms with Crippen LogP contribution < -0.4 is 9.62 Å². The van der Waals surface area contributed by atoms with Gasteiger partial charge < -0.3 is 10.2 Å². The van der Waals surface area contributed by atoms with Crippen LogP contribution in [-0.2, 0) is 26.2 Å². The van der Waals surface area contributed by atoms with Gasteiger partial charge in [0.05, 0.1) is 11.9 Å². The number of aryl methyl sites for hydroxylation is 1. The van der Waals surface area contributed by atoms with Crippen molar-refractivity contribution < 1.29 is 18.0 Å². The summed E-state index contributed by atoms with van der Waals surface area (Å²) in [5, 5.41) is 3.68. The number of hydrogen-bond donors (Lipinski definition) is 1. The molecule has 0 bridgehead atoms. The summed E-state index contributed by atoms with van der Waals surface area (Å²) >= 11 is 6.25. The predicted molar refractivity (Wildman–Crippen MR) is 158 cm³/mol. The minimum atomic E-state index is -3.59. The van der Waals surface area contributed by atoms with Crippen molar-refractivity contribution in [1.82, 2.24) is 10.2 Å². The lowest BCUT2D eigenvalue weighted by atomic mass is 9.95. The third-order valence-electron chi connectivity index (χ3n) is 7.47. The maximum absolute atomic E-state index is 13.7. The van der Waals surface area contributed by atoms with Crippen LogP contribution in [0.2, 0.25) is 5.02 Å². The number of benzene rings is 2. The third kappa shape index (κ3) is 8.70. The van der Waals surface area contributed by atoms with E-state index in [1.807, 2.05) is 38.1 Å². The molecule has 1 aliphatic carbocycles. The number of carbonyl (C=O) groups excluding carboxylic acids is 2. The average molecular weight is 576 g/mol. The number of carbonyl (C=O) groups is 2. The standard InChI is InChI=1S/C30H42ClN3O4S/c1-5-27(30(36)32-25-11-7-6-8-12-25)33(21-24-18-16-22(2)17-19-24)29(35)15-10-20-34(39(4,37)38)28-14-9-13-26(31)23(28)3/h9,13-14,16-19,25,27H,5-8,10-12,15,20-21H2,1-4H3,(H,32,36)/t27-/m1/s1. The molecule has 1 N–H and O–H groups in total. The van der Waals surface area contributed by atoms with Crippen LogP contribution in [0, 0.1) is 13.8 Å². The van der Waals surface area contributed by atoms with Crippen molar-refractivity contribution in [2.45, 2.75) is 90.8 Å². The second-order valence-electron chi connectivity index (χ2n) is 10.6. The molecule has 2 aromatic rings. The van der Waals surface area contributed by atoms with Gasteiger partial charge in [-0.25, -0.2) is 8.42 Å². The summed E-state index contributed by atoms with van der Waals surface area (Å²) in [6.07, 6.45) is 7.42. The zero-order valence-electron chi connectivity index (χ0n) is 23.6. The van der Waals surface area contributed by atoms with Crippen LogP contribution in [0.1, 0.15) is 75.0 Å². The van der Waals surface area contributed by atoms with E-state index in [0.717, 1.165) is 43.1 Å². The first-order valence-electron chi connectivity index (χ1n) is 13.9. The summed E-state index contributed by atoms with van der Waals surface area (Å²) in [7, 11) is -3.59. The summed E-state index contributed by atoms with van der Waals surface area (Å²) in [5.74, 6) is -0.283. The van der Waals surface area contributed by atoms with Crippen LogP contribution in [0.4, 0.5) is 5.69 Å². The summed E-state index contributed by atoms with van der Waals surface area (Å²) in [4.78, 5) is 28.7. The summed E-state index contributed by atoms with van der Waals surface area (Å²) in [6, 6.07) is 12.7. The van der Waals surface area contributed by atoms with Gasteiger partial charge >= 0.3 is 0 Å². The summed E-state index contributed by atoms with van der Waals surface area (Å²) in [5.41, 5.74) is 3.25. The number of sulfonamides is 1. The van der Waals surface area contributed by atoms with Gasteiger partial charge in [0.1, 0.15) is 6.04 Å². The van der Waals surface area contributed by atoms with Gasteiger partial charge in [0.2, 0.25) is 21.8 Å². The summed E-state index contributed by atoms with van der Waals surface area (Å²) < 4.78 is 26.6. The Kier molecular flexibility index (Phi) is 11.2. The normalized spacial score (nSPS) is 15.0. The molecule has 0 spiro atoms. The van der Waals surface area contributed by atoms with E-state index in [1.165, 1.54) is 10.7 Å². The predicted octanol–water partition coefficient (Wildman–Crippen LogP) is 5.76. The molecule has 1 fully saturated rings. The lowest BCUT2D eigenvalue weighted by molar-refractivity contribution is -0.141. The van der Waals surface area contributed by atoms with Crippen molar-refractivity contribution in [2.75, 3.05) is 17.1 Å². The quantitative estimate of drug-likeness (QED) is 0.349. The van der Waals surface area contributed by atoms with Crippen LogP contribution in [0.15, 0.2) is 42.5 Å². The molecule has 2 amide bonds. The third-order valence-corrected chi connectivity index (χ3v) is 9.06. The Labute approximate surface area is 239 Å². The van der Waals surface area contributed by atoms with Crippen molar-refractivity contribution in [1.29, 1.82) is 0 Å². The molecule has 1 aliphatic rings. The second-order valence-corrected chi connectivity index (χ2v) is 12.9. The molecule has 0 heterocycles. The van der Waals surface area contributed by atoms with Crippen molar-refractivity contribution in [2.24, 2.45) is 0 Å². The molecule has 0 aromatic heterocycles. The lowest BCUT2D eigenvalue weighted by Gasteiger charge is -2.33. The molecule has 39 heavy (non-hydrogen) atoms. The maximum atomic E-state index is 13.7. The van der Waals surface area contributed by atoms with Crippen LogP contribution in [-0.4, -0.2) is 50.0 Å². The molecule has 7 nitrogen and oxygen atoms in total. The van der Waals surface area contributed by atoms with Crippen molar-refractivity contribution in [3.8, 4) is 0 Å². The zero-order valence-corrected chi connectivity index (χ0v) is 25.2. The Morgan fingerprint density at radius 1 is 1.05 bits per heavy atom. The number of nitrogens with zero attached hydrogens (tertiary/aromatic N) is 2. The Morgan fingerprint density at radius 2 is 1.72 bits per heavy atom. The van der Waals surface area contributed by atoms with E-state index < -0.39 is 16.1 Å². The van der Waals surface area contributed by atoms with E-state index in [0.29, 0.717) is 35.7 Å². The number of nitrogens with one attached hydrogen (secondary N) is 1. The molecular formula is C30H42ClN3O4S.